The fraction of sp³-hybridized carbons (Fsp3) is 0.727. The quantitative estimate of drug-likeness (QED) is 0.287. The Morgan fingerprint density at radius 1 is 0.950 bits per heavy atom. The molecule has 1 aromatic carbocycles. The molecule has 226 valence electrons. The number of carbonyl (C=O) groups is 3. The second-order valence-electron chi connectivity index (χ2n) is 13.5. The van der Waals surface area contributed by atoms with Crippen molar-refractivity contribution in [1.29, 1.82) is 0 Å². The highest BCUT2D eigenvalue weighted by Gasteiger charge is 2.40. The van der Waals surface area contributed by atoms with Crippen LogP contribution >= 0.6 is 0 Å². The number of carbonyl (C=O) groups excluding carboxylic acids is 3. The number of aryl methyl sites for hydroxylation is 1. The molecule has 2 rings (SSSR count). The van der Waals surface area contributed by atoms with Gasteiger partial charge in [-0.05, 0) is 89.7 Å². The van der Waals surface area contributed by atoms with E-state index in [1.807, 2.05) is 52.0 Å². The third-order valence-corrected chi connectivity index (χ3v) is 7.55. The van der Waals surface area contributed by atoms with Gasteiger partial charge in [0.05, 0.1) is 0 Å². The van der Waals surface area contributed by atoms with Crippen LogP contribution in [0.1, 0.15) is 124 Å². The van der Waals surface area contributed by atoms with Crippen LogP contribution in [0.2, 0.25) is 0 Å². The molecule has 0 spiro atoms. The molecule has 1 aliphatic rings. The number of alkyl carbamates (subject to hydrolysis) is 1. The van der Waals surface area contributed by atoms with E-state index in [9.17, 15) is 14.4 Å². The summed E-state index contributed by atoms with van der Waals surface area (Å²) in [6.07, 6.45) is 6.80. The summed E-state index contributed by atoms with van der Waals surface area (Å²) in [6.45, 7) is 17.8. The van der Waals surface area contributed by atoms with Gasteiger partial charge in [-0.15, -0.1) is 0 Å². The fourth-order valence-corrected chi connectivity index (χ4v) is 5.47. The van der Waals surface area contributed by atoms with E-state index in [0.717, 1.165) is 49.7 Å². The first-order valence-electron chi connectivity index (χ1n) is 15.4. The van der Waals surface area contributed by atoms with E-state index in [4.69, 9.17) is 4.74 Å². The summed E-state index contributed by atoms with van der Waals surface area (Å²) in [5, 5.41) is 6.17. The van der Waals surface area contributed by atoms with Gasteiger partial charge in [0.25, 0.3) is 0 Å². The molecule has 0 radical (unpaired) electrons. The molecule has 0 bridgehead atoms. The molecule has 1 aliphatic carbocycles. The molecule has 3 amide bonds. The van der Waals surface area contributed by atoms with Gasteiger partial charge in [0, 0.05) is 12.1 Å². The molecule has 3 unspecified atom stereocenters. The summed E-state index contributed by atoms with van der Waals surface area (Å²) in [5.41, 5.74) is 1.09. The zero-order valence-electron chi connectivity index (χ0n) is 26.5. The number of hydrogen-bond acceptors (Lipinski definition) is 4. The van der Waals surface area contributed by atoms with Crippen molar-refractivity contribution in [1.82, 2.24) is 15.5 Å². The molecule has 40 heavy (non-hydrogen) atoms. The molecular weight excluding hydrogens is 502 g/mol. The highest BCUT2D eigenvalue weighted by molar-refractivity contribution is 5.92. The number of nitrogens with one attached hydrogen (secondary N) is 2. The van der Waals surface area contributed by atoms with Crippen LogP contribution in [0.15, 0.2) is 24.3 Å². The van der Waals surface area contributed by atoms with E-state index in [2.05, 4.69) is 24.5 Å². The SMILES string of the molecule is Cc1ccccc1C(C(=O)NC1CCCCC1)N(C(=O)C(CC(C)C)NC(=O)OC(C)(C)C)C(C)CCC(C)C. The van der Waals surface area contributed by atoms with Crippen LogP contribution in [0.25, 0.3) is 0 Å². The maximum absolute atomic E-state index is 14.6. The number of rotatable bonds is 12. The first kappa shape index (κ1) is 33.6. The molecule has 0 heterocycles. The van der Waals surface area contributed by atoms with Gasteiger partial charge in [-0.2, -0.15) is 0 Å². The number of ether oxygens (including phenoxy) is 1. The van der Waals surface area contributed by atoms with Crippen molar-refractivity contribution in [3.05, 3.63) is 35.4 Å². The van der Waals surface area contributed by atoms with Crippen LogP contribution in [-0.4, -0.2) is 46.5 Å². The number of amides is 3. The molecule has 0 aliphatic heterocycles. The smallest absolute Gasteiger partial charge is 0.408 e. The Balaban J connectivity index is 2.56. The van der Waals surface area contributed by atoms with Crippen LogP contribution in [0.4, 0.5) is 4.79 Å². The van der Waals surface area contributed by atoms with Crippen molar-refractivity contribution in [2.75, 3.05) is 0 Å². The summed E-state index contributed by atoms with van der Waals surface area (Å²) in [6, 6.07) is 6.10. The van der Waals surface area contributed by atoms with E-state index in [1.54, 1.807) is 25.7 Å². The molecule has 1 saturated carbocycles. The average Bonchev–Trinajstić information content (AvgIpc) is 2.84. The van der Waals surface area contributed by atoms with Crippen LogP contribution < -0.4 is 10.6 Å². The lowest BCUT2D eigenvalue weighted by atomic mass is 9.92. The summed E-state index contributed by atoms with van der Waals surface area (Å²) >= 11 is 0. The minimum absolute atomic E-state index is 0.113. The zero-order chi connectivity index (χ0) is 30.0. The molecule has 0 saturated heterocycles. The fourth-order valence-electron chi connectivity index (χ4n) is 5.47. The molecule has 0 aromatic heterocycles. The molecular formula is C33H55N3O4. The van der Waals surface area contributed by atoms with Gasteiger partial charge >= 0.3 is 6.09 Å². The van der Waals surface area contributed by atoms with Gasteiger partial charge in [-0.25, -0.2) is 4.79 Å². The lowest BCUT2D eigenvalue weighted by molar-refractivity contribution is -0.146. The van der Waals surface area contributed by atoms with Crippen molar-refractivity contribution in [3.63, 3.8) is 0 Å². The average molecular weight is 558 g/mol. The maximum Gasteiger partial charge on any atom is 0.408 e. The monoisotopic (exact) mass is 557 g/mol. The first-order valence-corrected chi connectivity index (χ1v) is 15.4. The van der Waals surface area contributed by atoms with Gasteiger partial charge in [0.1, 0.15) is 17.7 Å². The first-order chi connectivity index (χ1) is 18.7. The molecule has 7 heteroatoms. The second kappa shape index (κ2) is 15.4. The topological polar surface area (TPSA) is 87.7 Å². The third-order valence-electron chi connectivity index (χ3n) is 7.55. The molecule has 1 aromatic rings. The predicted molar refractivity (Wildman–Crippen MR) is 162 cm³/mol. The Morgan fingerprint density at radius 3 is 2.12 bits per heavy atom. The summed E-state index contributed by atoms with van der Waals surface area (Å²) < 4.78 is 5.53. The van der Waals surface area contributed by atoms with Gasteiger partial charge in [0.15, 0.2) is 0 Å². The molecule has 2 N–H and O–H groups in total. The van der Waals surface area contributed by atoms with Crippen molar-refractivity contribution in [2.45, 2.75) is 143 Å². The summed E-state index contributed by atoms with van der Waals surface area (Å²) in [4.78, 5) is 43.4. The van der Waals surface area contributed by atoms with E-state index >= 15 is 0 Å². The summed E-state index contributed by atoms with van der Waals surface area (Å²) in [5.74, 6) is 0.206. The van der Waals surface area contributed by atoms with Gasteiger partial charge in [-0.3, -0.25) is 9.59 Å². The highest BCUT2D eigenvalue weighted by Crippen LogP contribution is 2.31. The number of hydrogen-bond donors (Lipinski definition) is 2. The lowest BCUT2D eigenvalue weighted by Gasteiger charge is -2.40. The van der Waals surface area contributed by atoms with Crippen molar-refractivity contribution >= 4 is 17.9 Å². The molecule has 3 atom stereocenters. The third kappa shape index (κ3) is 10.8. The Morgan fingerprint density at radius 2 is 1.57 bits per heavy atom. The number of nitrogens with zero attached hydrogens (tertiary/aromatic N) is 1. The molecule has 1 fully saturated rings. The Labute approximate surface area is 243 Å². The van der Waals surface area contributed by atoms with Crippen LogP contribution in [-0.2, 0) is 14.3 Å². The minimum atomic E-state index is -0.814. The van der Waals surface area contributed by atoms with Crippen molar-refractivity contribution in [3.8, 4) is 0 Å². The van der Waals surface area contributed by atoms with E-state index in [0.29, 0.717) is 12.3 Å². The Hall–Kier alpha value is -2.57. The standard InChI is InChI=1S/C33H55N3O4/c1-22(2)19-20-25(6)36(31(38)28(21-23(3)4)35-32(39)40-33(7,8)9)29(27-18-14-13-15-24(27)5)30(37)34-26-16-11-10-12-17-26/h13-15,18,22-23,25-26,28-29H,10-12,16-17,19-21H2,1-9H3,(H,34,37)(H,35,39). The van der Waals surface area contributed by atoms with E-state index in [-0.39, 0.29) is 29.8 Å². The number of benzene rings is 1. The van der Waals surface area contributed by atoms with Gasteiger partial charge in [-0.1, -0.05) is 71.2 Å². The second-order valence-corrected chi connectivity index (χ2v) is 13.5. The normalized spacial score (nSPS) is 16.8. The van der Waals surface area contributed by atoms with Crippen LogP contribution in [0, 0.1) is 18.8 Å². The molecule has 7 nitrogen and oxygen atoms in total. The van der Waals surface area contributed by atoms with Crippen LogP contribution in [0.5, 0.6) is 0 Å². The van der Waals surface area contributed by atoms with Gasteiger partial charge < -0.3 is 20.3 Å². The largest absolute Gasteiger partial charge is 0.444 e. The van der Waals surface area contributed by atoms with Crippen LogP contribution in [0.3, 0.4) is 0 Å². The van der Waals surface area contributed by atoms with E-state index in [1.165, 1.54) is 6.42 Å². The van der Waals surface area contributed by atoms with Crippen molar-refractivity contribution < 1.29 is 19.1 Å². The Kier molecular flexibility index (Phi) is 13.0. The zero-order valence-corrected chi connectivity index (χ0v) is 26.5. The summed E-state index contributed by atoms with van der Waals surface area (Å²) in [7, 11) is 0. The highest BCUT2D eigenvalue weighted by atomic mass is 16.6. The van der Waals surface area contributed by atoms with Gasteiger partial charge in [0.2, 0.25) is 11.8 Å². The predicted octanol–water partition coefficient (Wildman–Crippen LogP) is 7.08. The lowest BCUT2D eigenvalue weighted by Crippen LogP contribution is -2.56. The minimum Gasteiger partial charge on any atom is -0.444 e. The maximum atomic E-state index is 14.6. The van der Waals surface area contributed by atoms with E-state index < -0.39 is 23.8 Å². The Bertz CT molecular complexity index is 963. The van der Waals surface area contributed by atoms with Crippen molar-refractivity contribution in [2.24, 2.45) is 11.8 Å².